The van der Waals surface area contributed by atoms with E-state index in [1.807, 2.05) is 30.3 Å². The lowest BCUT2D eigenvalue weighted by Crippen LogP contribution is -2.30. The highest BCUT2D eigenvalue weighted by Crippen LogP contribution is 2.39. The second-order valence-corrected chi connectivity index (χ2v) is 13.1. The molecule has 2 heterocycles. The van der Waals surface area contributed by atoms with E-state index in [2.05, 4.69) is 0 Å². The first-order valence-electron chi connectivity index (χ1n) is 13.7. The zero-order valence-electron chi connectivity index (χ0n) is 22.0. The van der Waals surface area contributed by atoms with Crippen LogP contribution in [0, 0.1) is 5.82 Å². The molecular weight excluding hydrogens is 535 g/mol. The third-order valence-electron chi connectivity index (χ3n) is 8.02. The van der Waals surface area contributed by atoms with E-state index < -0.39 is 15.8 Å². The minimum atomic E-state index is -2.95. The summed E-state index contributed by atoms with van der Waals surface area (Å²) in [6, 6.07) is 14.8. The molecular formula is C31H31FO7S. The van der Waals surface area contributed by atoms with Crippen molar-refractivity contribution in [2.75, 3.05) is 18.1 Å². The van der Waals surface area contributed by atoms with Crippen LogP contribution < -0.4 is 14.2 Å². The van der Waals surface area contributed by atoms with Crippen molar-refractivity contribution in [3.8, 4) is 28.4 Å². The Morgan fingerprint density at radius 1 is 0.975 bits per heavy atom. The molecule has 1 fully saturated rings. The van der Waals surface area contributed by atoms with Crippen LogP contribution >= 0.6 is 0 Å². The van der Waals surface area contributed by atoms with Crippen molar-refractivity contribution in [2.45, 2.75) is 57.2 Å². The normalized spacial score (nSPS) is 19.5. The number of aryl methyl sites for hydroxylation is 2. The Hall–Kier alpha value is -3.59. The van der Waals surface area contributed by atoms with E-state index in [-0.39, 0.29) is 42.4 Å². The summed E-state index contributed by atoms with van der Waals surface area (Å²) in [5.74, 6) is 0.831. The maximum atomic E-state index is 15.1. The second-order valence-electron chi connectivity index (χ2n) is 10.8. The summed E-state index contributed by atoms with van der Waals surface area (Å²) in [5, 5.41) is 9.11. The molecule has 1 N–H and O–H groups in total. The van der Waals surface area contributed by atoms with Gasteiger partial charge in [0.2, 0.25) is 0 Å². The summed E-state index contributed by atoms with van der Waals surface area (Å²) >= 11 is 0. The Morgan fingerprint density at radius 2 is 1.73 bits per heavy atom. The topological polar surface area (TPSA) is 99.1 Å². The number of sulfone groups is 1. The molecule has 1 saturated heterocycles. The molecule has 210 valence electrons. The zero-order chi connectivity index (χ0) is 27.9. The number of hydrogen-bond acceptors (Lipinski definition) is 6. The summed E-state index contributed by atoms with van der Waals surface area (Å²) in [6.45, 7) is 0.358. The van der Waals surface area contributed by atoms with Crippen LogP contribution in [0.5, 0.6) is 17.2 Å². The Labute approximate surface area is 232 Å². The molecule has 3 aromatic rings. The number of fused-ring (bicyclic) bond motifs is 4. The van der Waals surface area contributed by atoms with Crippen LogP contribution in [-0.4, -0.2) is 43.7 Å². The van der Waals surface area contributed by atoms with Crippen LogP contribution in [0.3, 0.4) is 0 Å². The van der Waals surface area contributed by atoms with Crippen molar-refractivity contribution in [3.05, 3.63) is 76.6 Å². The number of rotatable bonds is 7. The minimum absolute atomic E-state index is 0.00748. The number of hydrogen-bond donors (Lipinski definition) is 1. The first-order valence-corrected chi connectivity index (χ1v) is 15.5. The fourth-order valence-corrected chi connectivity index (χ4v) is 7.32. The van der Waals surface area contributed by atoms with Crippen molar-refractivity contribution < 1.29 is 36.9 Å². The van der Waals surface area contributed by atoms with E-state index >= 15 is 4.39 Å². The summed E-state index contributed by atoms with van der Waals surface area (Å²) in [7, 11) is -2.95. The summed E-state index contributed by atoms with van der Waals surface area (Å²) in [6.07, 6.45) is 3.40. The number of carboxylic acids is 1. The molecule has 3 aliphatic rings. The van der Waals surface area contributed by atoms with Crippen LogP contribution in [0.4, 0.5) is 4.39 Å². The molecule has 0 aromatic heterocycles. The van der Waals surface area contributed by atoms with Gasteiger partial charge in [0.05, 0.1) is 24.5 Å². The number of aliphatic carboxylic acids is 1. The van der Waals surface area contributed by atoms with E-state index in [9.17, 15) is 13.2 Å². The smallest absolute Gasteiger partial charge is 0.304 e. The Kier molecular flexibility index (Phi) is 7.16. The third kappa shape index (κ3) is 5.66. The largest absolute Gasteiger partial charge is 0.492 e. The summed E-state index contributed by atoms with van der Waals surface area (Å²) in [5.41, 5.74) is 5.41. The van der Waals surface area contributed by atoms with Crippen LogP contribution in [0.2, 0.25) is 0 Å². The zero-order valence-corrected chi connectivity index (χ0v) is 22.8. The Balaban J connectivity index is 1.19. The van der Waals surface area contributed by atoms with Gasteiger partial charge in [-0.3, -0.25) is 4.79 Å². The number of halogens is 1. The Bertz CT molecular complexity index is 1550. The van der Waals surface area contributed by atoms with E-state index in [4.69, 9.17) is 19.3 Å². The number of ether oxygens (including phenoxy) is 3. The van der Waals surface area contributed by atoms with Gasteiger partial charge in [-0.15, -0.1) is 0 Å². The van der Waals surface area contributed by atoms with Crippen molar-refractivity contribution in [1.29, 1.82) is 0 Å². The van der Waals surface area contributed by atoms with Gasteiger partial charge in [0, 0.05) is 23.1 Å². The average molecular weight is 567 g/mol. The highest BCUT2D eigenvalue weighted by Gasteiger charge is 2.27. The molecule has 0 bridgehead atoms. The van der Waals surface area contributed by atoms with Crippen LogP contribution in [0.15, 0.2) is 48.5 Å². The summed E-state index contributed by atoms with van der Waals surface area (Å²) < 4.78 is 56.4. The lowest BCUT2D eigenvalue weighted by Gasteiger charge is -2.24. The highest BCUT2D eigenvalue weighted by atomic mass is 32.2. The lowest BCUT2D eigenvalue weighted by molar-refractivity contribution is -0.137. The molecule has 2 aliphatic heterocycles. The Morgan fingerprint density at radius 3 is 2.50 bits per heavy atom. The predicted molar refractivity (Wildman–Crippen MR) is 147 cm³/mol. The minimum Gasteiger partial charge on any atom is -0.492 e. The van der Waals surface area contributed by atoms with Gasteiger partial charge in [0.25, 0.3) is 0 Å². The molecule has 3 aromatic carbocycles. The van der Waals surface area contributed by atoms with E-state index in [0.717, 1.165) is 52.8 Å². The molecule has 0 amide bonds. The average Bonchev–Trinajstić information content (AvgIpc) is 3.22. The van der Waals surface area contributed by atoms with Crippen molar-refractivity contribution in [2.24, 2.45) is 0 Å². The van der Waals surface area contributed by atoms with Gasteiger partial charge in [-0.25, -0.2) is 12.8 Å². The lowest BCUT2D eigenvalue weighted by atomic mass is 9.94. The molecule has 0 radical (unpaired) electrons. The first kappa shape index (κ1) is 26.6. The fourth-order valence-electron chi connectivity index (χ4n) is 5.88. The number of carboxylic acid groups (broad SMARTS) is 1. The van der Waals surface area contributed by atoms with E-state index in [1.165, 1.54) is 0 Å². The molecule has 7 nitrogen and oxygen atoms in total. The standard InChI is InChI=1S/C31H31FO7S/c32-29-14-20-3-1-2-19-12-25(39-23-8-10-40(35,36)11-9-23)5-6-26(19)28(20)13-22(29)18-37-24-4-7-27-21(15-31(33)34)17-38-30(27)16-24/h4-7,12-14,16,21,23H,1-3,8-11,15,17-18H2,(H,33,34)/t21-/m1/s1. The number of benzene rings is 3. The van der Waals surface area contributed by atoms with Crippen molar-refractivity contribution >= 4 is 15.8 Å². The second kappa shape index (κ2) is 10.8. The molecule has 1 atom stereocenters. The van der Waals surface area contributed by atoms with Crippen LogP contribution in [0.1, 0.15) is 53.9 Å². The molecule has 1 aliphatic carbocycles. The maximum Gasteiger partial charge on any atom is 0.304 e. The van der Waals surface area contributed by atoms with Crippen molar-refractivity contribution in [1.82, 2.24) is 0 Å². The monoisotopic (exact) mass is 566 g/mol. The van der Waals surface area contributed by atoms with Gasteiger partial charge in [-0.1, -0.05) is 12.1 Å². The molecule has 9 heteroatoms. The molecule has 6 rings (SSSR count). The van der Waals surface area contributed by atoms with Gasteiger partial charge in [-0.2, -0.15) is 0 Å². The van der Waals surface area contributed by atoms with Gasteiger partial charge in [0.15, 0.2) is 9.84 Å². The number of carbonyl (C=O) groups is 1. The van der Waals surface area contributed by atoms with Gasteiger partial charge in [-0.05, 0) is 84.7 Å². The molecule has 0 saturated carbocycles. The van der Waals surface area contributed by atoms with Crippen LogP contribution in [0.25, 0.3) is 11.1 Å². The predicted octanol–water partition coefficient (Wildman–Crippen LogP) is 5.47. The van der Waals surface area contributed by atoms with Crippen molar-refractivity contribution in [3.63, 3.8) is 0 Å². The molecule has 40 heavy (non-hydrogen) atoms. The third-order valence-corrected chi connectivity index (χ3v) is 9.73. The molecule has 0 spiro atoms. The fraction of sp³-hybridized carbons (Fsp3) is 0.387. The van der Waals surface area contributed by atoms with Crippen LogP contribution in [-0.2, 0) is 34.1 Å². The molecule has 0 unspecified atom stereocenters. The summed E-state index contributed by atoms with van der Waals surface area (Å²) in [4.78, 5) is 11.1. The quantitative estimate of drug-likeness (QED) is 0.405. The first-order chi connectivity index (χ1) is 19.2. The van der Waals surface area contributed by atoms with E-state index in [0.29, 0.717) is 36.5 Å². The van der Waals surface area contributed by atoms with Gasteiger partial charge in [0.1, 0.15) is 35.8 Å². The van der Waals surface area contributed by atoms with E-state index in [1.54, 1.807) is 18.2 Å². The highest BCUT2D eigenvalue weighted by molar-refractivity contribution is 7.91. The van der Waals surface area contributed by atoms with Gasteiger partial charge >= 0.3 is 5.97 Å². The SMILES string of the molecule is O=C(O)C[C@@H]1COc2cc(OCc3cc4c(cc3F)CCCc3cc(OC5CCS(=O)(=O)CC5)ccc3-4)ccc21. The van der Waals surface area contributed by atoms with Gasteiger partial charge < -0.3 is 19.3 Å². The maximum absolute atomic E-state index is 15.1.